The maximum atomic E-state index is 13.7. The molecule has 1 atom stereocenters. The molecule has 8 heteroatoms. The summed E-state index contributed by atoms with van der Waals surface area (Å²) in [4.78, 5) is 34.6. The lowest BCUT2D eigenvalue weighted by molar-refractivity contribution is -0.140. The highest BCUT2D eigenvalue weighted by Crippen LogP contribution is 2.32. The number of allylic oxidation sites excluding steroid dienone is 1. The van der Waals surface area contributed by atoms with Crippen molar-refractivity contribution in [1.82, 2.24) is 4.57 Å². The molecule has 1 aliphatic rings. The molecule has 2 aromatic heterocycles. The molecule has 2 aromatic carbocycles. The first-order valence-electron chi connectivity index (χ1n) is 11.4. The fraction of sp³-hybridized carbons (Fsp3) is 0.179. The van der Waals surface area contributed by atoms with Crippen LogP contribution >= 0.6 is 34.4 Å². The fourth-order valence-electron chi connectivity index (χ4n) is 4.14. The van der Waals surface area contributed by atoms with E-state index in [9.17, 15) is 9.59 Å². The Bertz CT molecular complexity index is 1630. The molecule has 4 aromatic rings. The van der Waals surface area contributed by atoms with Crippen molar-refractivity contribution in [2.24, 2.45) is 4.99 Å². The number of hydrogen-bond acceptors (Lipinski definition) is 7. The largest absolute Gasteiger partial charge is 0.457 e. The van der Waals surface area contributed by atoms with E-state index in [-0.39, 0.29) is 12.2 Å². The predicted octanol–water partition coefficient (Wildman–Crippen LogP) is 5.07. The van der Waals surface area contributed by atoms with Gasteiger partial charge < -0.3 is 4.74 Å². The van der Waals surface area contributed by atoms with Crippen LogP contribution in [0.15, 0.2) is 92.0 Å². The van der Waals surface area contributed by atoms with Crippen LogP contribution in [0.4, 0.5) is 0 Å². The maximum Gasteiger partial charge on any atom is 0.338 e. The summed E-state index contributed by atoms with van der Waals surface area (Å²) in [7, 11) is 0. The topological polar surface area (TPSA) is 60.7 Å². The van der Waals surface area contributed by atoms with Crippen molar-refractivity contribution in [2.45, 2.75) is 31.4 Å². The molecule has 0 amide bonds. The van der Waals surface area contributed by atoms with Crippen molar-refractivity contribution in [3.8, 4) is 0 Å². The third-order valence-electron chi connectivity index (χ3n) is 6.05. The van der Waals surface area contributed by atoms with Crippen molar-refractivity contribution < 1.29 is 9.53 Å². The number of esters is 1. The maximum absolute atomic E-state index is 13.7. The lowest BCUT2D eigenvalue weighted by Gasteiger charge is -2.25. The Morgan fingerprint density at radius 3 is 2.53 bits per heavy atom. The predicted molar refractivity (Wildman–Crippen MR) is 147 cm³/mol. The molecule has 0 radical (unpaired) electrons. The van der Waals surface area contributed by atoms with E-state index in [1.807, 2.05) is 92.2 Å². The van der Waals surface area contributed by atoms with Gasteiger partial charge in [-0.3, -0.25) is 9.36 Å². The summed E-state index contributed by atoms with van der Waals surface area (Å²) in [6.07, 6.45) is 3.94. The Kier molecular flexibility index (Phi) is 7.09. The molecule has 5 nitrogen and oxygen atoms in total. The molecule has 0 saturated heterocycles. The molecule has 182 valence electrons. The smallest absolute Gasteiger partial charge is 0.338 e. The zero-order valence-electron chi connectivity index (χ0n) is 20.1. The summed E-state index contributed by atoms with van der Waals surface area (Å²) in [6, 6.07) is 18.9. The van der Waals surface area contributed by atoms with Crippen LogP contribution < -0.4 is 14.9 Å². The van der Waals surface area contributed by atoms with Crippen LogP contribution in [0.3, 0.4) is 0 Å². The number of benzene rings is 2. The Balaban J connectivity index is 1.62. The normalized spacial score (nSPS) is 15.5. The average molecular weight is 533 g/mol. The number of thioether (sulfide) groups is 1. The van der Waals surface area contributed by atoms with Gasteiger partial charge in [0.2, 0.25) is 0 Å². The van der Waals surface area contributed by atoms with Crippen LogP contribution in [0.2, 0.25) is 0 Å². The molecule has 0 bridgehead atoms. The number of aryl methyl sites for hydroxylation is 1. The molecule has 5 rings (SSSR count). The summed E-state index contributed by atoms with van der Waals surface area (Å²) < 4.78 is 7.95. The molecule has 1 unspecified atom stereocenters. The van der Waals surface area contributed by atoms with E-state index in [0.29, 0.717) is 20.6 Å². The van der Waals surface area contributed by atoms with Crippen LogP contribution in [0.25, 0.3) is 6.08 Å². The quantitative estimate of drug-likeness (QED) is 0.257. The number of fused-ring (bicyclic) bond motifs is 1. The van der Waals surface area contributed by atoms with E-state index in [4.69, 9.17) is 4.74 Å². The van der Waals surface area contributed by atoms with Crippen LogP contribution in [-0.2, 0) is 16.1 Å². The van der Waals surface area contributed by atoms with Gasteiger partial charge in [-0.15, -0.1) is 23.1 Å². The van der Waals surface area contributed by atoms with Crippen molar-refractivity contribution in [3.05, 3.63) is 119 Å². The molecule has 1 aliphatic heterocycles. The number of nitrogens with zero attached hydrogens (tertiary/aromatic N) is 2. The van der Waals surface area contributed by atoms with Crippen LogP contribution in [-0.4, -0.2) is 16.8 Å². The van der Waals surface area contributed by atoms with E-state index >= 15 is 0 Å². The minimum atomic E-state index is -0.619. The van der Waals surface area contributed by atoms with Gasteiger partial charge in [-0.1, -0.05) is 53.8 Å². The lowest BCUT2D eigenvalue weighted by atomic mass is 9.96. The highest BCUT2D eigenvalue weighted by Gasteiger charge is 2.33. The second-order valence-corrected chi connectivity index (χ2v) is 11.2. The summed E-state index contributed by atoms with van der Waals surface area (Å²) in [5.41, 5.74) is 3.65. The number of hydrogen-bond donors (Lipinski definition) is 0. The summed E-state index contributed by atoms with van der Waals surface area (Å²) >= 11 is 4.58. The van der Waals surface area contributed by atoms with Crippen LogP contribution in [0.5, 0.6) is 0 Å². The molecule has 0 N–H and O–H groups in total. The molecule has 36 heavy (non-hydrogen) atoms. The molecule has 0 aliphatic carbocycles. The van der Waals surface area contributed by atoms with E-state index < -0.39 is 12.0 Å². The molecular formula is C28H24N2O3S3. The zero-order chi connectivity index (χ0) is 25.2. The number of carbonyl (C=O) groups is 1. The van der Waals surface area contributed by atoms with Gasteiger partial charge >= 0.3 is 5.97 Å². The van der Waals surface area contributed by atoms with Crippen molar-refractivity contribution in [1.29, 1.82) is 0 Å². The van der Waals surface area contributed by atoms with E-state index in [1.54, 1.807) is 27.7 Å². The first kappa shape index (κ1) is 24.5. The Labute approximate surface area is 221 Å². The first-order chi connectivity index (χ1) is 17.5. The molecular weight excluding hydrogens is 509 g/mol. The van der Waals surface area contributed by atoms with Crippen molar-refractivity contribution in [2.75, 3.05) is 6.26 Å². The number of aromatic nitrogens is 1. The third kappa shape index (κ3) is 4.76. The van der Waals surface area contributed by atoms with Gasteiger partial charge in [0.15, 0.2) is 4.80 Å². The highest BCUT2D eigenvalue weighted by molar-refractivity contribution is 7.98. The molecule has 0 fully saturated rings. The highest BCUT2D eigenvalue weighted by atomic mass is 32.2. The minimum Gasteiger partial charge on any atom is -0.457 e. The molecule has 0 saturated carbocycles. The van der Waals surface area contributed by atoms with Crippen molar-refractivity contribution in [3.63, 3.8) is 0 Å². The summed E-state index contributed by atoms with van der Waals surface area (Å²) in [5.74, 6) is -0.470. The molecule has 0 spiro atoms. The molecule has 3 heterocycles. The van der Waals surface area contributed by atoms with E-state index in [0.717, 1.165) is 26.5 Å². The Morgan fingerprint density at radius 1 is 1.11 bits per heavy atom. The van der Waals surface area contributed by atoms with E-state index in [2.05, 4.69) is 4.99 Å². The minimum absolute atomic E-state index is 0.149. The van der Waals surface area contributed by atoms with Gasteiger partial charge in [-0.2, -0.15) is 0 Å². The fourth-order valence-corrected chi connectivity index (χ4v) is 6.51. The van der Waals surface area contributed by atoms with Gasteiger partial charge in [0.1, 0.15) is 6.61 Å². The first-order valence-corrected chi connectivity index (χ1v) is 14.3. The number of rotatable bonds is 6. The Hall–Kier alpha value is -3.20. The monoisotopic (exact) mass is 532 g/mol. The van der Waals surface area contributed by atoms with Gasteiger partial charge in [0.05, 0.1) is 21.8 Å². The number of thiazole rings is 1. The van der Waals surface area contributed by atoms with Crippen molar-refractivity contribution >= 4 is 46.5 Å². The lowest BCUT2D eigenvalue weighted by Crippen LogP contribution is -2.39. The number of carbonyl (C=O) groups excluding carboxylic acids is 1. The van der Waals surface area contributed by atoms with Gasteiger partial charge in [-0.25, -0.2) is 9.79 Å². The van der Waals surface area contributed by atoms with Crippen LogP contribution in [0.1, 0.15) is 34.5 Å². The number of ether oxygens (including phenoxy) is 1. The van der Waals surface area contributed by atoms with E-state index in [1.165, 1.54) is 11.3 Å². The second-order valence-electron chi connectivity index (χ2n) is 8.38. The van der Waals surface area contributed by atoms with Gasteiger partial charge in [-0.05, 0) is 66.4 Å². The number of thiophene rings is 1. The van der Waals surface area contributed by atoms with Gasteiger partial charge in [0, 0.05) is 9.77 Å². The zero-order valence-corrected chi connectivity index (χ0v) is 22.5. The SMILES string of the molecule is CSc1ccc(C2C(C(=O)OCc3ccccc3)=C(C)N=c3sc(=Cc4sccc4C)c(=O)n32)cc1. The average Bonchev–Trinajstić information content (AvgIpc) is 3.44. The van der Waals surface area contributed by atoms with Gasteiger partial charge in [0.25, 0.3) is 5.56 Å². The van der Waals surface area contributed by atoms with Crippen LogP contribution in [0, 0.1) is 6.92 Å². The standard InChI is InChI=1S/C28H24N2O3S3/c1-17-13-14-35-22(17)15-23-26(31)30-25(20-9-11-21(34-3)12-10-20)24(18(2)29-28(30)36-23)27(32)33-16-19-7-5-4-6-8-19/h4-15,25H,16H2,1-3H3. The summed E-state index contributed by atoms with van der Waals surface area (Å²) in [6.45, 7) is 3.99. The summed E-state index contributed by atoms with van der Waals surface area (Å²) in [5, 5.41) is 2.01. The second kappa shape index (κ2) is 10.4. The Morgan fingerprint density at radius 2 is 1.86 bits per heavy atom. The third-order valence-corrected chi connectivity index (χ3v) is 8.74.